The Morgan fingerprint density at radius 1 is 1.21 bits per heavy atom. The molecule has 0 atom stereocenters. The summed E-state index contributed by atoms with van der Waals surface area (Å²) in [5.41, 5.74) is 2.07. The van der Waals surface area contributed by atoms with Crippen molar-refractivity contribution < 1.29 is 9.90 Å². The Balaban J connectivity index is 2.30. The van der Waals surface area contributed by atoms with Crippen LogP contribution < -0.4 is 5.43 Å². The average Bonchev–Trinajstić information content (AvgIpc) is 2.53. The molecule has 0 saturated carbocycles. The highest BCUT2D eigenvalue weighted by Crippen LogP contribution is 2.19. The molecule has 0 saturated heterocycles. The monoisotopic (exact) mass is 324 g/mol. The van der Waals surface area contributed by atoms with Crippen LogP contribution in [-0.4, -0.2) is 30.6 Å². The summed E-state index contributed by atoms with van der Waals surface area (Å²) in [6.07, 6.45) is 2.72. The highest BCUT2D eigenvalue weighted by molar-refractivity contribution is 5.91. The van der Waals surface area contributed by atoms with Crippen molar-refractivity contribution in [1.82, 2.24) is 19.5 Å². The minimum Gasteiger partial charge on any atom is -0.477 e. The van der Waals surface area contributed by atoms with E-state index >= 15 is 0 Å². The van der Waals surface area contributed by atoms with Crippen molar-refractivity contribution in [3.05, 3.63) is 51.7 Å². The van der Waals surface area contributed by atoms with Crippen LogP contribution in [0.5, 0.6) is 0 Å². The third-order valence-electron chi connectivity index (χ3n) is 3.73. The first-order valence-corrected chi connectivity index (χ1v) is 7.50. The maximum Gasteiger partial charge on any atom is 0.341 e. The molecule has 3 aromatic heterocycles. The summed E-state index contributed by atoms with van der Waals surface area (Å²) in [6, 6.07) is 3.74. The van der Waals surface area contributed by atoms with Gasteiger partial charge in [0, 0.05) is 35.9 Å². The van der Waals surface area contributed by atoms with Gasteiger partial charge in [-0.3, -0.25) is 9.78 Å². The van der Waals surface area contributed by atoms with Gasteiger partial charge in [0.1, 0.15) is 11.2 Å². The second-order valence-corrected chi connectivity index (χ2v) is 5.53. The predicted molar refractivity (Wildman–Crippen MR) is 89.1 cm³/mol. The zero-order chi connectivity index (χ0) is 17.4. The highest BCUT2D eigenvalue weighted by atomic mass is 16.4. The first kappa shape index (κ1) is 15.8. The molecule has 3 heterocycles. The number of aromatic carboxylic acids is 1. The minimum atomic E-state index is -1.26. The molecule has 0 aliphatic carbocycles. The van der Waals surface area contributed by atoms with Crippen LogP contribution in [0.1, 0.15) is 28.7 Å². The molecule has 3 aromatic rings. The lowest BCUT2D eigenvalue weighted by Crippen LogP contribution is -2.19. The molecular formula is C17H16N4O3. The van der Waals surface area contributed by atoms with Crippen molar-refractivity contribution in [2.75, 3.05) is 0 Å². The van der Waals surface area contributed by atoms with Crippen LogP contribution in [0.25, 0.3) is 22.4 Å². The molecule has 0 radical (unpaired) electrons. The molecule has 0 aliphatic heterocycles. The molecule has 0 spiro atoms. The van der Waals surface area contributed by atoms with Gasteiger partial charge in [-0.15, -0.1) is 0 Å². The van der Waals surface area contributed by atoms with Gasteiger partial charge in [-0.25, -0.2) is 14.8 Å². The molecule has 0 aliphatic rings. The third kappa shape index (κ3) is 2.64. The van der Waals surface area contributed by atoms with Gasteiger partial charge >= 0.3 is 5.97 Å². The summed E-state index contributed by atoms with van der Waals surface area (Å²) in [7, 11) is 0. The van der Waals surface area contributed by atoms with E-state index in [4.69, 9.17) is 0 Å². The van der Waals surface area contributed by atoms with E-state index in [9.17, 15) is 14.7 Å². The molecule has 122 valence electrons. The van der Waals surface area contributed by atoms with Gasteiger partial charge in [-0.1, -0.05) is 0 Å². The summed E-state index contributed by atoms with van der Waals surface area (Å²) in [5.74, 6) is -0.783. The van der Waals surface area contributed by atoms with Crippen LogP contribution >= 0.6 is 0 Å². The largest absolute Gasteiger partial charge is 0.477 e. The van der Waals surface area contributed by atoms with Gasteiger partial charge in [0.2, 0.25) is 5.43 Å². The van der Waals surface area contributed by atoms with E-state index < -0.39 is 11.4 Å². The van der Waals surface area contributed by atoms with E-state index in [-0.39, 0.29) is 10.9 Å². The van der Waals surface area contributed by atoms with E-state index in [1.54, 1.807) is 4.57 Å². The number of carboxylic acids is 1. The average molecular weight is 324 g/mol. The smallest absolute Gasteiger partial charge is 0.341 e. The van der Waals surface area contributed by atoms with E-state index in [1.165, 1.54) is 12.4 Å². The zero-order valence-corrected chi connectivity index (χ0v) is 13.6. The Hall–Kier alpha value is -3.09. The van der Waals surface area contributed by atoms with Crippen LogP contribution in [0.4, 0.5) is 0 Å². The van der Waals surface area contributed by atoms with Crippen molar-refractivity contribution in [2.24, 2.45) is 0 Å². The Bertz CT molecular complexity index is 1000. The van der Waals surface area contributed by atoms with Gasteiger partial charge in [0.15, 0.2) is 5.82 Å². The molecule has 7 nitrogen and oxygen atoms in total. The van der Waals surface area contributed by atoms with Gasteiger partial charge in [-0.05, 0) is 32.9 Å². The minimum absolute atomic E-state index is 0.197. The van der Waals surface area contributed by atoms with Crippen molar-refractivity contribution in [3.8, 4) is 11.4 Å². The molecule has 0 fully saturated rings. The number of carbonyl (C=O) groups is 1. The molecular weight excluding hydrogens is 308 g/mol. The number of hydrogen-bond donors (Lipinski definition) is 1. The molecule has 1 N–H and O–H groups in total. The van der Waals surface area contributed by atoms with Crippen LogP contribution in [0.15, 0.2) is 29.3 Å². The molecule has 0 unspecified atom stereocenters. The molecule has 7 heteroatoms. The molecule has 24 heavy (non-hydrogen) atoms. The number of aryl methyl sites for hydroxylation is 3. The van der Waals surface area contributed by atoms with Gasteiger partial charge < -0.3 is 9.67 Å². The van der Waals surface area contributed by atoms with Crippen molar-refractivity contribution in [2.45, 2.75) is 27.3 Å². The second kappa shape index (κ2) is 5.84. The number of nitrogens with zero attached hydrogens (tertiary/aromatic N) is 4. The molecule has 0 aromatic carbocycles. The Kier molecular flexibility index (Phi) is 3.84. The Labute approximate surface area is 137 Å². The highest BCUT2D eigenvalue weighted by Gasteiger charge is 2.16. The van der Waals surface area contributed by atoms with E-state index in [0.29, 0.717) is 18.0 Å². The normalized spacial score (nSPS) is 11.0. The lowest BCUT2D eigenvalue weighted by Gasteiger charge is -2.10. The van der Waals surface area contributed by atoms with Crippen molar-refractivity contribution in [3.63, 3.8) is 0 Å². The summed E-state index contributed by atoms with van der Waals surface area (Å²) < 4.78 is 1.65. The van der Waals surface area contributed by atoms with Crippen LogP contribution in [-0.2, 0) is 6.54 Å². The SMILES string of the molecule is CCn1cc(C(=O)O)c(=O)c2cnc(-c3cc(C)nc(C)c3)nc21. The fourth-order valence-corrected chi connectivity index (χ4v) is 2.67. The molecule has 0 amide bonds. The fraction of sp³-hybridized carbons (Fsp3) is 0.235. The number of carboxylic acid groups (broad SMARTS) is 1. The van der Waals surface area contributed by atoms with Crippen LogP contribution in [0.3, 0.4) is 0 Å². The number of aromatic nitrogens is 4. The lowest BCUT2D eigenvalue weighted by molar-refractivity contribution is 0.0695. The Morgan fingerprint density at radius 3 is 2.46 bits per heavy atom. The topological polar surface area (TPSA) is 98.0 Å². The summed E-state index contributed by atoms with van der Waals surface area (Å²) in [5, 5.41) is 9.37. The van der Waals surface area contributed by atoms with Gasteiger partial charge in [-0.2, -0.15) is 0 Å². The quantitative estimate of drug-likeness (QED) is 0.793. The summed E-state index contributed by atoms with van der Waals surface area (Å²) in [6.45, 7) is 6.12. The maximum atomic E-state index is 12.3. The maximum absolute atomic E-state index is 12.3. The number of rotatable bonds is 3. The third-order valence-corrected chi connectivity index (χ3v) is 3.73. The second-order valence-electron chi connectivity index (χ2n) is 5.53. The van der Waals surface area contributed by atoms with Gasteiger partial charge in [0.05, 0.1) is 5.39 Å². The number of hydrogen-bond acceptors (Lipinski definition) is 5. The molecule has 3 rings (SSSR count). The van der Waals surface area contributed by atoms with E-state index in [0.717, 1.165) is 17.0 Å². The van der Waals surface area contributed by atoms with Crippen molar-refractivity contribution >= 4 is 17.0 Å². The summed E-state index contributed by atoms with van der Waals surface area (Å²) in [4.78, 5) is 36.6. The summed E-state index contributed by atoms with van der Waals surface area (Å²) >= 11 is 0. The number of pyridine rings is 2. The number of fused-ring (bicyclic) bond motifs is 1. The lowest BCUT2D eigenvalue weighted by atomic mass is 10.1. The zero-order valence-electron chi connectivity index (χ0n) is 13.6. The van der Waals surface area contributed by atoms with E-state index in [1.807, 2.05) is 32.9 Å². The predicted octanol–water partition coefficient (Wildman–Crippen LogP) is 2.19. The first-order valence-electron chi connectivity index (χ1n) is 7.50. The molecule has 0 bridgehead atoms. The standard InChI is InChI=1S/C17H16N4O3/c1-4-21-8-13(17(23)24)14(22)12-7-18-15(20-16(12)21)11-5-9(2)19-10(3)6-11/h5-8H,4H2,1-3H3,(H,23,24). The van der Waals surface area contributed by atoms with E-state index in [2.05, 4.69) is 15.0 Å². The fourth-order valence-electron chi connectivity index (χ4n) is 2.67. The Morgan fingerprint density at radius 2 is 1.88 bits per heavy atom. The van der Waals surface area contributed by atoms with Crippen LogP contribution in [0, 0.1) is 13.8 Å². The van der Waals surface area contributed by atoms with Crippen LogP contribution in [0.2, 0.25) is 0 Å². The van der Waals surface area contributed by atoms with Gasteiger partial charge in [0.25, 0.3) is 0 Å². The first-order chi connectivity index (χ1) is 11.4. The van der Waals surface area contributed by atoms with Crippen molar-refractivity contribution in [1.29, 1.82) is 0 Å².